The van der Waals surface area contributed by atoms with Crippen molar-refractivity contribution in [1.29, 1.82) is 0 Å². The van der Waals surface area contributed by atoms with Crippen molar-refractivity contribution in [3.8, 4) is 0 Å². The summed E-state index contributed by atoms with van der Waals surface area (Å²) >= 11 is 0. The number of likely N-dealkylation sites (tertiary alicyclic amines) is 1. The highest BCUT2D eigenvalue weighted by Crippen LogP contribution is 2.42. The molecule has 2 atom stereocenters. The van der Waals surface area contributed by atoms with Crippen LogP contribution in [0.4, 0.5) is 0 Å². The SMILES string of the molecule is c1ccc([C@H]2CO[C@@]3(CCN(Cc4cnc[nH]4)C3)C2)cc1. The van der Waals surface area contributed by atoms with Gasteiger partial charge in [0.2, 0.25) is 0 Å². The summed E-state index contributed by atoms with van der Waals surface area (Å²) in [6.45, 7) is 3.96. The maximum atomic E-state index is 6.25. The van der Waals surface area contributed by atoms with Gasteiger partial charge in [-0.2, -0.15) is 0 Å². The summed E-state index contributed by atoms with van der Waals surface area (Å²) in [4.78, 5) is 9.75. The van der Waals surface area contributed by atoms with Gasteiger partial charge in [-0.3, -0.25) is 4.90 Å². The molecule has 1 N–H and O–H groups in total. The van der Waals surface area contributed by atoms with Gasteiger partial charge in [-0.05, 0) is 18.4 Å². The molecule has 2 saturated heterocycles. The van der Waals surface area contributed by atoms with E-state index in [4.69, 9.17) is 4.74 Å². The molecule has 1 aromatic carbocycles. The van der Waals surface area contributed by atoms with Crippen molar-refractivity contribution in [3.05, 3.63) is 54.1 Å². The number of ether oxygens (including phenoxy) is 1. The highest BCUT2D eigenvalue weighted by molar-refractivity contribution is 5.22. The number of hydrogen-bond donors (Lipinski definition) is 1. The first-order chi connectivity index (χ1) is 10.3. The van der Waals surface area contributed by atoms with Crippen molar-refractivity contribution in [2.45, 2.75) is 30.9 Å². The lowest BCUT2D eigenvalue weighted by atomic mass is 9.89. The van der Waals surface area contributed by atoms with E-state index < -0.39 is 0 Å². The Morgan fingerprint density at radius 2 is 2.24 bits per heavy atom. The second-order valence-corrected chi connectivity index (χ2v) is 6.34. The van der Waals surface area contributed by atoms with Crippen LogP contribution in [0.25, 0.3) is 0 Å². The zero-order valence-electron chi connectivity index (χ0n) is 12.2. The summed E-state index contributed by atoms with van der Waals surface area (Å²) in [5, 5.41) is 0. The third-order valence-electron chi connectivity index (χ3n) is 4.82. The predicted molar refractivity (Wildman–Crippen MR) is 81.0 cm³/mol. The summed E-state index contributed by atoms with van der Waals surface area (Å²) in [5.41, 5.74) is 2.67. The van der Waals surface area contributed by atoms with Gasteiger partial charge in [-0.1, -0.05) is 30.3 Å². The maximum Gasteiger partial charge on any atom is 0.0922 e. The van der Waals surface area contributed by atoms with Crippen molar-refractivity contribution in [1.82, 2.24) is 14.9 Å². The number of imidazole rings is 1. The van der Waals surface area contributed by atoms with E-state index in [9.17, 15) is 0 Å². The molecule has 1 spiro atoms. The van der Waals surface area contributed by atoms with Crippen LogP contribution in [-0.4, -0.2) is 40.2 Å². The van der Waals surface area contributed by atoms with Crippen LogP contribution in [0.3, 0.4) is 0 Å². The Morgan fingerprint density at radius 3 is 3.05 bits per heavy atom. The summed E-state index contributed by atoms with van der Waals surface area (Å²) in [7, 11) is 0. The van der Waals surface area contributed by atoms with Crippen LogP contribution >= 0.6 is 0 Å². The third kappa shape index (κ3) is 2.61. The molecule has 2 aromatic rings. The zero-order chi connectivity index (χ0) is 14.1. The smallest absolute Gasteiger partial charge is 0.0922 e. The van der Waals surface area contributed by atoms with E-state index in [2.05, 4.69) is 45.2 Å². The molecule has 0 aliphatic carbocycles. The standard InChI is InChI=1S/C17H21N3O/c1-2-4-14(5-3-1)15-8-17(21-11-15)6-7-20(12-17)10-16-9-18-13-19-16/h1-5,9,13,15H,6-8,10-12H2,(H,18,19)/t15-,17+/m1/s1. The van der Waals surface area contributed by atoms with E-state index in [0.717, 1.165) is 39.1 Å². The molecule has 2 aliphatic heterocycles. The first-order valence-corrected chi connectivity index (χ1v) is 7.72. The van der Waals surface area contributed by atoms with E-state index in [1.54, 1.807) is 6.33 Å². The molecule has 0 radical (unpaired) electrons. The first kappa shape index (κ1) is 13.0. The van der Waals surface area contributed by atoms with Crippen molar-refractivity contribution < 1.29 is 4.74 Å². The van der Waals surface area contributed by atoms with Crippen LogP contribution in [0, 0.1) is 0 Å². The molecule has 110 valence electrons. The van der Waals surface area contributed by atoms with Crippen molar-refractivity contribution in [2.75, 3.05) is 19.7 Å². The van der Waals surface area contributed by atoms with E-state index in [1.165, 1.54) is 11.3 Å². The van der Waals surface area contributed by atoms with Gasteiger partial charge < -0.3 is 9.72 Å². The topological polar surface area (TPSA) is 41.1 Å². The summed E-state index contributed by atoms with van der Waals surface area (Å²) in [6.07, 6.45) is 5.95. The van der Waals surface area contributed by atoms with Gasteiger partial charge in [-0.25, -0.2) is 4.98 Å². The molecule has 0 bridgehead atoms. The number of hydrogen-bond acceptors (Lipinski definition) is 3. The highest BCUT2D eigenvalue weighted by Gasteiger charge is 2.45. The fraction of sp³-hybridized carbons (Fsp3) is 0.471. The minimum absolute atomic E-state index is 0.0700. The number of nitrogens with zero attached hydrogens (tertiary/aromatic N) is 2. The summed E-state index contributed by atoms with van der Waals surface area (Å²) < 4.78 is 6.25. The molecule has 21 heavy (non-hydrogen) atoms. The first-order valence-electron chi connectivity index (χ1n) is 7.72. The van der Waals surface area contributed by atoms with Gasteiger partial charge >= 0.3 is 0 Å². The van der Waals surface area contributed by atoms with E-state index in [1.807, 2.05) is 6.20 Å². The van der Waals surface area contributed by atoms with Gasteiger partial charge in [0.1, 0.15) is 0 Å². The summed E-state index contributed by atoms with van der Waals surface area (Å²) in [5.74, 6) is 0.554. The van der Waals surface area contributed by atoms with Crippen molar-refractivity contribution >= 4 is 0 Å². The lowest BCUT2D eigenvalue weighted by Crippen LogP contribution is -2.32. The van der Waals surface area contributed by atoms with Gasteiger partial charge in [0, 0.05) is 37.4 Å². The maximum absolute atomic E-state index is 6.25. The average molecular weight is 283 g/mol. The van der Waals surface area contributed by atoms with Gasteiger partial charge in [0.25, 0.3) is 0 Å². The molecule has 2 fully saturated rings. The molecule has 1 aromatic heterocycles. The van der Waals surface area contributed by atoms with Crippen molar-refractivity contribution in [2.24, 2.45) is 0 Å². The Labute approximate surface area is 125 Å². The molecule has 3 heterocycles. The van der Waals surface area contributed by atoms with Crippen molar-refractivity contribution in [3.63, 3.8) is 0 Å². The monoisotopic (exact) mass is 283 g/mol. The Kier molecular flexibility index (Phi) is 3.28. The molecular formula is C17H21N3O. The van der Waals surface area contributed by atoms with Crippen LogP contribution < -0.4 is 0 Å². The Morgan fingerprint density at radius 1 is 1.33 bits per heavy atom. The molecule has 0 amide bonds. The normalized spacial score (nSPS) is 29.4. The molecule has 4 rings (SSSR count). The van der Waals surface area contributed by atoms with E-state index in [0.29, 0.717) is 5.92 Å². The Bertz CT molecular complexity index is 583. The minimum Gasteiger partial charge on any atom is -0.373 e. The van der Waals surface area contributed by atoms with Crippen LogP contribution in [-0.2, 0) is 11.3 Å². The number of rotatable bonds is 3. The zero-order valence-corrected chi connectivity index (χ0v) is 12.2. The van der Waals surface area contributed by atoms with Crippen LogP contribution in [0.1, 0.15) is 30.0 Å². The minimum atomic E-state index is 0.0700. The second kappa shape index (κ2) is 5.28. The van der Waals surface area contributed by atoms with Gasteiger partial charge in [0.15, 0.2) is 0 Å². The van der Waals surface area contributed by atoms with Crippen LogP contribution in [0.5, 0.6) is 0 Å². The number of benzene rings is 1. The lowest BCUT2D eigenvalue weighted by Gasteiger charge is -2.23. The lowest BCUT2D eigenvalue weighted by molar-refractivity contribution is 0.0117. The number of aromatic amines is 1. The molecule has 0 saturated carbocycles. The average Bonchev–Trinajstić information content (AvgIpc) is 3.24. The van der Waals surface area contributed by atoms with Gasteiger partial charge in [0.05, 0.1) is 18.5 Å². The fourth-order valence-electron chi connectivity index (χ4n) is 3.74. The van der Waals surface area contributed by atoms with E-state index >= 15 is 0 Å². The highest BCUT2D eigenvalue weighted by atomic mass is 16.5. The predicted octanol–water partition coefficient (Wildman–Crippen LogP) is 2.56. The molecule has 0 unspecified atom stereocenters. The number of nitrogens with one attached hydrogen (secondary N) is 1. The molecule has 4 heteroatoms. The molecule has 4 nitrogen and oxygen atoms in total. The number of aromatic nitrogens is 2. The van der Waals surface area contributed by atoms with Crippen LogP contribution in [0.15, 0.2) is 42.9 Å². The Balaban J connectivity index is 1.41. The second-order valence-electron chi connectivity index (χ2n) is 6.34. The fourth-order valence-corrected chi connectivity index (χ4v) is 3.74. The molecule has 2 aliphatic rings. The van der Waals surface area contributed by atoms with Crippen LogP contribution in [0.2, 0.25) is 0 Å². The quantitative estimate of drug-likeness (QED) is 0.941. The third-order valence-corrected chi connectivity index (χ3v) is 4.82. The summed E-state index contributed by atoms with van der Waals surface area (Å²) in [6, 6.07) is 10.8. The molecular weight excluding hydrogens is 262 g/mol. The van der Waals surface area contributed by atoms with E-state index in [-0.39, 0.29) is 5.60 Å². The largest absolute Gasteiger partial charge is 0.373 e. The van der Waals surface area contributed by atoms with Gasteiger partial charge in [-0.15, -0.1) is 0 Å². The Hall–Kier alpha value is -1.65. The number of H-pyrrole nitrogens is 1.